The molecule has 2 aliphatic rings. The molecule has 2 heterocycles. The van der Waals surface area contributed by atoms with Crippen LogP contribution >= 0.6 is 0 Å². The molecular weight excluding hydrogens is 498 g/mol. The molecule has 9 heteroatoms. The summed E-state index contributed by atoms with van der Waals surface area (Å²) < 4.78 is 16.9. The van der Waals surface area contributed by atoms with Crippen LogP contribution in [-0.4, -0.2) is 52.7 Å². The first-order valence-electron chi connectivity index (χ1n) is 13.8. The van der Waals surface area contributed by atoms with Gasteiger partial charge in [-0.05, 0) is 66.4 Å². The Morgan fingerprint density at radius 3 is 2.67 bits per heavy atom. The molecule has 1 N–H and O–H groups in total. The van der Waals surface area contributed by atoms with Crippen LogP contribution in [0.15, 0.2) is 41.9 Å². The fourth-order valence-electron chi connectivity index (χ4n) is 5.08. The number of aliphatic imine (C=N–C) groups is 1. The zero-order valence-electron chi connectivity index (χ0n) is 24.1. The van der Waals surface area contributed by atoms with Crippen LogP contribution in [0.1, 0.15) is 91.7 Å². The highest BCUT2D eigenvalue weighted by Crippen LogP contribution is 2.44. The molecule has 0 aromatic heterocycles. The molecular formula is C30H43N3O6. The Balaban J connectivity index is 2.05. The van der Waals surface area contributed by atoms with Crippen LogP contribution in [0.2, 0.25) is 0 Å². The van der Waals surface area contributed by atoms with E-state index in [1.54, 1.807) is 25.7 Å². The smallest absolute Gasteiger partial charge is 0.414 e. The SMILES string of the molecule is C=CCC[C@]1(CC)CC(=O)N(C2c3ccccc3OC[C@H]2CCC(=O)OC(C)C)C(NC(=O)OC(C)(C)C)=N1. The van der Waals surface area contributed by atoms with Gasteiger partial charge in [-0.2, -0.15) is 0 Å². The minimum Gasteiger partial charge on any atom is -0.493 e. The minimum atomic E-state index is -0.733. The summed E-state index contributed by atoms with van der Waals surface area (Å²) in [5.41, 5.74) is -0.607. The third kappa shape index (κ3) is 7.83. The maximum absolute atomic E-state index is 14.0. The monoisotopic (exact) mass is 541 g/mol. The van der Waals surface area contributed by atoms with Crippen molar-refractivity contribution in [3.8, 4) is 5.75 Å². The Hall–Kier alpha value is -3.36. The van der Waals surface area contributed by atoms with E-state index in [4.69, 9.17) is 19.2 Å². The molecule has 1 aromatic carbocycles. The topological polar surface area (TPSA) is 107 Å². The van der Waals surface area contributed by atoms with Crippen LogP contribution in [-0.2, 0) is 19.1 Å². The molecule has 0 spiro atoms. The van der Waals surface area contributed by atoms with Crippen LogP contribution in [0.5, 0.6) is 5.75 Å². The number of alkyl carbamates (subject to hydrolysis) is 1. The molecule has 0 saturated carbocycles. The molecule has 3 atom stereocenters. The van der Waals surface area contributed by atoms with Gasteiger partial charge in [0.1, 0.15) is 11.4 Å². The lowest BCUT2D eigenvalue weighted by Gasteiger charge is -2.45. The normalized spacial score (nSPS) is 22.9. The standard InChI is InChI=1S/C30H43N3O6/c1-8-10-17-30(9-2)18-24(34)33(27(32-30)31-28(36)39-29(5,6)7)26-21(15-16-25(35)38-20(3)4)19-37-23-14-12-11-13-22(23)26/h8,11-14,20-21,26H,1,9-10,15-19H2,2-7H3,(H,31,32,36)/t21-,26?,30-/m1/s1. The summed E-state index contributed by atoms with van der Waals surface area (Å²) in [6.07, 6.45) is 3.65. The van der Waals surface area contributed by atoms with E-state index in [0.29, 0.717) is 38.0 Å². The van der Waals surface area contributed by atoms with Crippen molar-refractivity contribution >= 4 is 23.9 Å². The molecule has 9 nitrogen and oxygen atoms in total. The van der Waals surface area contributed by atoms with Crippen LogP contribution in [0, 0.1) is 5.92 Å². The molecule has 214 valence electrons. The summed E-state index contributed by atoms with van der Waals surface area (Å²) in [6, 6.07) is 7.03. The van der Waals surface area contributed by atoms with Crippen molar-refractivity contribution in [3.05, 3.63) is 42.5 Å². The number of nitrogens with one attached hydrogen (secondary N) is 1. The number of carbonyl (C=O) groups is 3. The maximum atomic E-state index is 14.0. The van der Waals surface area contributed by atoms with Crippen LogP contribution in [0.25, 0.3) is 0 Å². The van der Waals surface area contributed by atoms with E-state index < -0.39 is 23.3 Å². The molecule has 0 aliphatic carbocycles. The zero-order chi connectivity index (χ0) is 28.8. The Bertz CT molecular complexity index is 1090. The predicted molar refractivity (Wildman–Crippen MR) is 149 cm³/mol. The number of allylic oxidation sites excluding steroid dienone is 1. The zero-order valence-corrected chi connectivity index (χ0v) is 24.1. The molecule has 0 radical (unpaired) electrons. The fraction of sp³-hybridized carbons (Fsp3) is 0.600. The number of benzene rings is 1. The second-order valence-electron chi connectivity index (χ2n) is 11.5. The average Bonchev–Trinajstić information content (AvgIpc) is 2.84. The Kier molecular flexibility index (Phi) is 9.80. The molecule has 1 aromatic rings. The lowest BCUT2D eigenvalue weighted by molar-refractivity contribution is -0.147. The predicted octanol–water partition coefficient (Wildman–Crippen LogP) is 5.70. The highest BCUT2D eigenvalue weighted by atomic mass is 16.6. The van der Waals surface area contributed by atoms with Gasteiger partial charge in [-0.25, -0.2) is 9.79 Å². The molecule has 3 rings (SSSR count). The number of hydrogen-bond acceptors (Lipinski definition) is 7. The first kappa shape index (κ1) is 30.2. The van der Waals surface area contributed by atoms with Crippen molar-refractivity contribution in [1.82, 2.24) is 10.2 Å². The van der Waals surface area contributed by atoms with Crippen molar-refractivity contribution in [2.75, 3.05) is 6.61 Å². The summed E-state index contributed by atoms with van der Waals surface area (Å²) in [5, 5.41) is 2.80. The highest BCUT2D eigenvalue weighted by molar-refractivity contribution is 6.05. The molecule has 0 saturated heterocycles. The van der Waals surface area contributed by atoms with E-state index in [0.717, 1.165) is 5.56 Å². The van der Waals surface area contributed by atoms with Crippen LogP contribution < -0.4 is 10.1 Å². The lowest BCUT2D eigenvalue weighted by atomic mass is 9.82. The van der Waals surface area contributed by atoms with Gasteiger partial charge in [-0.3, -0.25) is 19.8 Å². The van der Waals surface area contributed by atoms with Crippen molar-refractivity contribution in [1.29, 1.82) is 0 Å². The van der Waals surface area contributed by atoms with Gasteiger partial charge in [-0.15, -0.1) is 6.58 Å². The number of ether oxygens (including phenoxy) is 3. The number of amides is 2. The summed E-state index contributed by atoms with van der Waals surface area (Å²) in [6.45, 7) is 15.1. The van der Waals surface area contributed by atoms with Gasteiger partial charge in [-0.1, -0.05) is 31.2 Å². The Morgan fingerprint density at radius 1 is 1.31 bits per heavy atom. The van der Waals surface area contributed by atoms with E-state index in [9.17, 15) is 14.4 Å². The number of nitrogens with zero attached hydrogens (tertiary/aromatic N) is 2. The number of rotatable bonds is 9. The second-order valence-corrected chi connectivity index (χ2v) is 11.5. The van der Waals surface area contributed by atoms with Gasteiger partial charge in [0, 0.05) is 17.9 Å². The largest absolute Gasteiger partial charge is 0.493 e. The second kappa shape index (κ2) is 12.7. The maximum Gasteiger partial charge on any atom is 0.414 e. The third-order valence-corrected chi connectivity index (χ3v) is 6.91. The van der Waals surface area contributed by atoms with Gasteiger partial charge < -0.3 is 14.2 Å². The van der Waals surface area contributed by atoms with Gasteiger partial charge in [0.2, 0.25) is 11.9 Å². The van der Waals surface area contributed by atoms with E-state index in [-0.39, 0.29) is 42.7 Å². The minimum absolute atomic E-state index is 0.154. The number of carbonyl (C=O) groups excluding carboxylic acids is 3. The van der Waals surface area contributed by atoms with Gasteiger partial charge in [0.25, 0.3) is 0 Å². The van der Waals surface area contributed by atoms with Crippen LogP contribution in [0.3, 0.4) is 0 Å². The molecule has 1 unspecified atom stereocenters. The quantitative estimate of drug-likeness (QED) is 0.318. The molecule has 39 heavy (non-hydrogen) atoms. The van der Waals surface area contributed by atoms with Crippen molar-refractivity contribution in [3.63, 3.8) is 0 Å². The summed E-state index contributed by atoms with van der Waals surface area (Å²) >= 11 is 0. The first-order chi connectivity index (χ1) is 18.4. The summed E-state index contributed by atoms with van der Waals surface area (Å²) in [4.78, 5) is 46.0. The third-order valence-electron chi connectivity index (χ3n) is 6.91. The molecule has 2 amide bonds. The summed E-state index contributed by atoms with van der Waals surface area (Å²) in [5.74, 6) is 0.118. The highest BCUT2D eigenvalue weighted by Gasteiger charge is 2.46. The van der Waals surface area contributed by atoms with E-state index >= 15 is 0 Å². The summed E-state index contributed by atoms with van der Waals surface area (Å²) in [7, 11) is 0. The lowest BCUT2D eigenvalue weighted by Crippen LogP contribution is -2.57. The number of hydrogen-bond donors (Lipinski definition) is 1. The Morgan fingerprint density at radius 2 is 2.03 bits per heavy atom. The molecule has 2 aliphatic heterocycles. The number of guanidine groups is 1. The van der Waals surface area contributed by atoms with Crippen molar-refractivity contribution < 1.29 is 28.6 Å². The van der Waals surface area contributed by atoms with E-state index in [1.807, 2.05) is 51.1 Å². The van der Waals surface area contributed by atoms with Gasteiger partial charge in [0.15, 0.2) is 0 Å². The number of esters is 1. The van der Waals surface area contributed by atoms with Crippen LogP contribution in [0.4, 0.5) is 4.79 Å². The molecule has 0 bridgehead atoms. The molecule has 0 fully saturated rings. The van der Waals surface area contributed by atoms with Crippen molar-refractivity contribution in [2.24, 2.45) is 10.9 Å². The van der Waals surface area contributed by atoms with E-state index in [2.05, 4.69) is 11.9 Å². The first-order valence-corrected chi connectivity index (χ1v) is 13.8. The van der Waals surface area contributed by atoms with Crippen molar-refractivity contribution in [2.45, 2.75) is 103 Å². The number of para-hydroxylation sites is 1. The van der Waals surface area contributed by atoms with Gasteiger partial charge in [0.05, 0.1) is 30.7 Å². The number of fused-ring (bicyclic) bond motifs is 1. The average molecular weight is 542 g/mol. The Labute approximate surface area is 232 Å². The van der Waals surface area contributed by atoms with Gasteiger partial charge >= 0.3 is 12.1 Å². The fourth-order valence-corrected chi connectivity index (χ4v) is 5.08. The van der Waals surface area contributed by atoms with E-state index in [1.165, 1.54) is 0 Å².